The zero-order valence-electron chi connectivity index (χ0n) is 8.87. The lowest BCUT2D eigenvalue weighted by molar-refractivity contribution is 0.619. The largest absolute Gasteiger partial charge is 0.397 e. The minimum absolute atomic E-state index is 0.0445. The van der Waals surface area contributed by atoms with Gasteiger partial charge in [0.25, 0.3) is 0 Å². The zero-order valence-corrected chi connectivity index (χ0v) is 8.87. The summed E-state index contributed by atoms with van der Waals surface area (Å²) in [6.07, 6.45) is 0. The molecule has 5 heteroatoms. The maximum absolute atomic E-state index is 13.2. The van der Waals surface area contributed by atoms with Gasteiger partial charge in [-0.15, -0.1) is 0 Å². The van der Waals surface area contributed by atoms with Crippen LogP contribution in [0.3, 0.4) is 0 Å². The molecular formula is C11H11FN4. The van der Waals surface area contributed by atoms with Gasteiger partial charge >= 0.3 is 0 Å². The van der Waals surface area contributed by atoms with Gasteiger partial charge in [-0.3, -0.25) is 0 Å². The van der Waals surface area contributed by atoms with E-state index in [0.717, 1.165) is 0 Å². The molecule has 0 aliphatic carbocycles. The van der Waals surface area contributed by atoms with Gasteiger partial charge < -0.3 is 10.6 Å². The second-order valence-corrected chi connectivity index (χ2v) is 3.33. The number of rotatable bonds is 3. The minimum Gasteiger partial charge on any atom is -0.397 e. The van der Waals surface area contributed by atoms with Crippen LogP contribution < -0.4 is 10.6 Å². The van der Waals surface area contributed by atoms with E-state index >= 15 is 0 Å². The number of nitrogen functional groups attached to an aromatic ring is 1. The Hall–Kier alpha value is -2.27. The van der Waals surface area contributed by atoms with E-state index in [1.807, 2.05) is 12.1 Å². The van der Waals surface area contributed by atoms with Gasteiger partial charge in [0.2, 0.25) is 0 Å². The van der Waals surface area contributed by atoms with Gasteiger partial charge in [0.05, 0.1) is 23.5 Å². The molecule has 82 valence electrons. The lowest BCUT2D eigenvalue weighted by Gasteiger charge is -2.20. The molecule has 0 radical (unpaired) electrons. The molecule has 0 amide bonds. The van der Waals surface area contributed by atoms with E-state index in [2.05, 4.69) is 0 Å². The Labute approximate surface area is 93.3 Å². The van der Waals surface area contributed by atoms with Crippen LogP contribution in [-0.2, 0) is 0 Å². The van der Waals surface area contributed by atoms with Crippen LogP contribution >= 0.6 is 0 Å². The maximum Gasteiger partial charge on any atom is 0.128 e. The summed E-state index contributed by atoms with van der Waals surface area (Å²) in [5.41, 5.74) is 6.83. The van der Waals surface area contributed by atoms with Crippen LogP contribution in [0.15, 0.2) is 12.1 Å². The van der Waals surface area contributed by atoms with Crippen LogP contribution in [-0.4, -0.2) is 13.1 Å². The van der Waals surface area contributed by atoms with E-state index < -0.39 is 5.82 Å². The van der Waals surface area contributed by atoms with Gasteiger partial charge in [-0.05, 0) is 24.6 Å². The molecule has 0 aliphatic rings. The topological polar surface area (TPSA) is 76.8 Å². The smallest absolute Gasteiger partial charge is 0.128 e. The van der Waals surface area contributed by atoms with Gasteiger partial charge in [0.1, 0.15) is 18.9 Å². The summed E-state index contributed by atoms with van der Waals surface area (Å²) in [6, 6.07) is 6.62. The summed E-state index contributed by atoms with van der Waals surface area (Å²) in [7, 11) is 0. The Morgan fingerprint density at radius 1 is 1.31 bits per heavy atom. The first-order chi connectivity index (χ1) is 7.60. The van der Waals surface area contributed by atoms with Gasteiger partial charge in [0.15, 0.2) is 0 Å². The summed E-state index contributed by atoms with van der Waals surface area (Å²) in [6.45, 7) is 1.70. The predicted molar refractivity (Wildman–Crippen MR) is 59.0 cm³/mol. The number of nitrogens with two attached hydrogens (primary N) is 1. The molecule has 0 heterocycles. The van der Waals surface area contributed by atoms with E-state index in [-0.39, 0.29) is 18.8 Å². The fourth-order valence-electron chi connectivity index (χ4n) is 1.35. The highest BCUT2D eigenvalue weighted by molar-refractivity contribution is 5.69. The van der Waals surface area contributed by atoms with Crippen molar-refractivity contribution in [3.8, 4) is 12.1 Å². The molecule has 0 aliphatic heterocycles. The van der Waals surface area contributed by atoms with Crippen LogP contribution in [0.5, 0.6) is 0 Å². The molecule has 16 heavy (non-hydrogen) atoms. The second-order valence-electron chi connectivity index (χ2n) is 3.33. The van der Waals surface area contributed by atoms with Crippen molar-refractivity contribution in [2.24, 2.45) is 0 Å². The van der Waals surface area contributed by atoms with Crippen molar-refractivity contribution in [3.63, 3.8) is 0 Å². The third-order valence-electron chi connectivity index (χ3n) is 2.17. The van der Waals surface area contributed by atoms with Crippen LogP contribution in [0, 0.1) is 35.4 Å². The van der Waals surface area contributed by atoms with E-state index in [9.17, 15) is 4.39 Å². The highest BCUT2D eigenvalue weighted by Crippen LogP contribution is 2.26. The zero-order chi connectivity index (χ0) is 12.1. The van der Waals surface area contributed by atoms with Crippen LogP contribution in [0.25, 0.3) is 0 Å². The molecule has 2 N–H and O–H groups in total. The molecule has 0 unspecified atom stereocenters. The third-order valence-corrected chi connectivity index (χ3v) is 2.17. The van der Waals surface area contributed by atoms with Gasteiger partial charge in [-0.2, -0.15) is 10.5 Å². The average Bonchev–Trinajstić information content (AvgIpc) is 2.23. The molecule has 1 rings (SSSR count). The summed E-state index contributed by atoms with van der Waals surface area (Å²) in [5, 5.41) is 17.2. The first-order valence-electron chi connectivity index (χ1n) is 4.64. The van der Waals surface area contributed by atoms with Crippen molar-refractivity contribution in [2.75, 3.05) is 23.7 Å². The Kier molecular flexibility index (Phi) is 3.68. The van der Waals surface area contributed by atoms with Crippen LogP contribution in [0.1, 0.15) is 5.56 Å². The normalized spacial score (nSPS) is 9.25. The number of hydrogen-bond acceptors (Lipinski definition) is 4. The lowest BCUT2D eigenvalue weighted by Crippen LogP contribution is -2.25. The van der Waals surface area contributed by atoms with Gasteiger partial charge in [-0.1, -0.05) is 0 Å². The van der Waals surface area contributed by atoms with Crippen molar-refractivity contribution in [1.29, 1.82) is 10.5 Å². The molecular weight excluding hydrogens is 207 g/mol. The lowest BCUT2D eigenvalue weighted by atomic mass is 10.1. The Morgan fingerprint density at radius 3 is 2.38 bits per heavy atom. The van der Waals surface area contributed by atoms with Gasteiger partial charge in [-0.25, -0.2) is 4.39 Å². The van der Waals surface area contributed by atoms with Crippen LogP contribution in [0.4, 0.5) is 15.8 Å². The predicted octanol–water partition coefficient (Wildman–Crippen LogP) is 1.57. The minimum atomic E-state index is -0.393. The summed E-state index contributed by atoms with van der Waals surface area (Å²) < 4.78 is 13.2. The number of anilines is 2. The quantitative estimate of drug-likeness (QED) is 0.617. The summed E-state index contributed by atoms with van der Waals surface area (Å²) >= 11 is 0. The number of hydrogen-bond donors (Lipinski definition) is 1. The maximum atomic E-state index is 13.2. The molecule has 0 bridgehead atoms. The first-order valence-corrected chi connectivity index (χ1v) is 4.64. The molecule has 1 aromatic carbocycles. The Morgan fingerprint density at radius 2 is 1.88 bits per heavy atom. The highest BCUT2D eigenvalue weighted by Gasteiger charge is 2.11. The molecule has 0 saturated carbocycles. The monoisotopic (exact) mass is 218 g/mol. The molecule has 0 spiro atoms. The first kappa shape index (κ1) is 11.8. The van der Waals surface area contributed by atoms with Crippen molar-refractivity contribution < 1.29 is 4.39 Å². The van der Waals surface area contributed by atoms with Crippen molar-refractivity contribution in [2.45, 2.75) is 6.92 Å². The van der Waals surface area contributed by atoms with Crippen molar-refractivity contribution in [1.82, 2.24) is 0 Å². The van der Waals surface area contributed by atoms with E-state index in [1.165, 1.54) is 11.0 Å². The molecule has 0 saturated heterocycles. The number of aryl methyl sites for hydroxylation is 1. The van der Waals surface area contributed by atoms with Crippen molar-refractivity contribution in [3.05, 3.63) is 23.5 Å². The van der Waals surface area contributed by atoms with Crippen LogP contribution in [0.2, 0.25) is 0 Å². The molecule has 0 fully saturated rings. The molecule has 0 aromatic heterocycles. The summed E-state index contributed by atoms with van der Waals surface area (Å²) in [4.78, 5) is 1.50. The third kappa shape index (κ3) is 2.40. The van der Waals surface area contributed by atoms with E-state index in [4.69, 9.17) is 16.3 Å². The standard InChI is InChI=1S/C11H11FN4/c1-8-6-11(10(15)7-9(8)12)16(4-2-13)5-3-14/h6-7H,4-5,15H2,1H3. The molecule has 4 nitrogen and oxygen atoms in total. The fourth-order valence-corrected chi connectivity index (χ4v) is 1.35. The Bertz CT molecular complexity index is 454. The summed E-state index contributed by atoms with van der Waals surface area (Å²) in [5.74, 6) is -0.393. The number of nitriles is 2. The van der Waals surface area contributed by atoms with Gasteiger partial charge in [0, 0.05) is 0 Å². The highest BCUT2D eigenvalue weighted by atomic mass is 19.1. The van der Waals surface area contributed by atoms with E-state index in [1.54, 1.807) is 13.0 Å². The van der Waals surface area contributed by atoms with Crippen molar-refractivity contribution >= 4 is 11.4 Å². The SMILES string of the molecule is Cc1cc(N(CC#N)CC#N)c(N)cc1F. The second kappa shape index (κ2) is 4.99. The number of nitrogens with zero attached hydrogens (tertiary/aromatic N) is 3. The fraction of sp³-hybridized carbons (Fsp3) is 0.273. The van der Waals surface area contributed by atoms with E-state index in [0.29, 0.717) is 11.3 Å². The molecule has 1 aromatic rings. The number of benzene rings is 1. The Balaban J connectivity index is 3.15. The number of halogens is 1. The average molecular weight is 218 g/mol. The molecule has 0 atom stereocenters.